The van der Waals surface area contributed by atoms with Crippen LogP contribution in [0.3, 0.4) is 0 Å². The normalized spacial score (nSPS) is 33.2. The first kappa shape index (κ1) is 9.73. The average Bonchev–Trinajstić information content (AvgIpc) is 2.61. The van der Waals surface area contributed by atoms with E-state index in [1.54, 1.807) is 4.90 Å². The quantitative estimate of drug-likeness (QED) is 0.699. The van der Waals surface area contributed by atoms with E-state index < -0.39 is 0 Å². The fourth-order valence-corrected chi connectivity index (χ4v) is 1.84. The predicted molar refractivity (Wildman–Crippen MR) is 47.7 cm³/mol. The molecule has 0 aromatic carbocycles. The van der Waals surface area contributed by atoms with Gasteiger partial charge in [0, 0.05) is 6.61 Å². The molecule has 2 atom stereocenters. The second-order valence-electron chi connectivity index (χ2n) is 3.66. The second kappa shape index (κ2) is 4.14. The summed E-state index contributed by atoms with van der Waals surface area (Å²) < 4.78 is 10.4. The summed E-state index contributed by atoms with van der Waals surface area (Å²) in [5.74, 6) is 0. The van der Waals surface area contributed by atoms with Gasteiger partial charge in [0.2, 0.25) is 0 Å². The van der Waals surface area contributed by atoms with Gasteiger partial charge in [-0.25, -0.2) is 4.79 Å². The number of amides is 1. The minimum atomic E-state index is -0.381. The van der Waals surface area contributed by atoms with Gasteiger partial charge >= 0.3 is 6.09 Å². The first-order valence-electron chi connectivity index (χ1n) is 5.01. The van der Waals surface area contributed by atoms with Gasteiger partial charge in [-0.3, -0.25) is 4.90 Å². The van der Waals surface area contributed by atoms with Crippen LogP contribution in [0.25, 0.3) is 0 Å². The van der Waals surface area contributed by atoms with E-state index in [1.165, 1.54) is 0 Å². The number of cyclic esters (lactones) is 1. The summed E-state index contributed by atoms with van der Waals surface area (Å²) in [5, 5.41) is 8.86. The molecule has 2 aliphatic rings. The molecular weight excluding hydrogens is 186 g/mol. The maximum atomic E-state index is 11.4. The number of nitrogens with zero attached hydrogens (tertiary/aromatic N) is 1. The zero-order valence-corrected chi connectivity index (χ0v) is 8.02. The van der Waals surface area contributed by atoms with E-state index in [1.807, 2.05) is 0 Å². The molecule has 2 heterocycles. The Kier molecular flexibility index (Phi) is 2.88. The first-order valence-corrected chi connectivity index (χ1v) is 5.01. The summed E-state index contributed by atoms with van der Waals surface area (Å²) in [6.07, 6.45) is 2.12. The molecule has 0 radical (unpaired) electrons. The fraction of sp³-hybridized carbons (Fsp3) is 0.889. The van der Waals surface area contributed by atoms with E-state index in [0.717, 1.165) is 19.3 Å². The molecule has 0 aliphatic carbocycles. The van der Waals surface area contributed by atoms with Gasteiger partial charge in [0.1, 0.15) is 12.3 Å². The lowest BCUT2D eigenvalue weighted by atomic mass is 10.1. The first-order chi connectivity index (χ1) is 6.81. The van der Waals surface area contributed by atoms with Gasteiger partial charge in [-0.2, -0.15) is 0 Å². The van der Waals surface area contributed by atoms with Crippen molar-refractivity contribution in [2.75, 3.05) is 19.8 Å². The lowest BCUT2D eigenvalue weighted by Crippen LogP contribution is -2.40. The van der Waals surface area contributed by atoms with Gasteiger partial charge in [0.15, 0.2) is 0 Å². The van der Waals surface area contributed by atoms with Crippen molar-refractivity contribution in [3.8, 4) is 0 Å². The van der Waals surface area contributed by atoms with E-state index >= 15 is 0 Å². The zero-order valence-electron chi connectivity index (χ0n) is 8.02. The standard InChI is InChI=1S/C9H15NO4/c11-6-7-5-10(9(12)14-7)8-3-1-2-4-13-8/h7-8,11H,1-6H2/t7-,8?/m1/s1. The highest BCUT2D eigenvalue weighted by Gasteiger charge is 2.36. The lowest BCUT2D eigenvalue weighted by Gasteiger charge is -2.29. The number of rotatable bonds is 2. The Labute approximate surface area is 82.6 Å². The highest BCUT2D eigenvalue weighted by atomic mass is 16.6. The summed E-state index contributed by atoms with van der Waals surface area (Å²) in [6, 6.07) is 0. The summed E-state index contributed by atoms with van der Waals surface area (Å²) >= 11 is 0. The van der Waals surface area contributed by atoms with Crippen molar-refractivity contribution in [2.45, 2.75) is 31.6 Å². The Hall–Kier alpha value is -0.810. The average molecular weight is 201 g/mol. The lowest BCUT2D eigenvalue weighted by molar-refractivity contribution is -0.0609. The van der Waals surface area contributed by atoms with Crippen molar-refractivity contribution in [2.24, 2.45) is 0 Å². The molecule has 1 unspecified atom stereocenters. The minimum Gasteiger partial charge on any atom is -0.442 e. The van der Waals surface area contributed by atoms with Crippen LogP contribution in [-0.4, -0.2) is 48.2 Å². The van der Waals surface area contributed by atoms with Crippen LogP contribution in [-0.2, 0) is 9.47 Å². The highest BCUT2D eigenvalue weighted by Crippen LogP contribution is 2.21. The van der Waals surface area contributed by atoms with Gasteiger partial charge in [-0.1, -0.05) is 0 Å². The summed E-state index contributed by atoms with van der Waals surface area (Å²) in [7, 11) is 0. The Balaban J connectivity index is 1.93. The molecule has 80 valence electrons. The second-order valence-corrected chi connectivity index (χ2v) is 3.66. The number of aliphatic hydroxyl groups is 1. The van der Waals surface area contributed by atoms with Crippen LogP contribution < -0.4 is 0 Å². The van der Waals surface area contributed by atoms with Crippen LogP contribution in [0.15, 0.2) is 0 Å². The van der Waals surface area contributed by atoms with Crippen molar-refractivity contribution in [1.29, 1.82) is 0 Å². The van der Waals surface area contributed by atoms with Crippen molar-refractivity contribution in [3.05, 3.63) is 0 Å². The smallest absolute Gasteiger partial charge is 0.412 e. The number of aliphatic hydroxyl groups excluding tert-OH is 1. The third kappa shape index (κ3) is 1.83. The number of carbonyl (C=O) groups excluding carboxylic acids is 1. The van der Waals surface area contributed by atoms with Gasteiger partial charge in [0.25, 0.3) is 0 Å². The molecule has 2 rings (SSSR count). The molecule has 1 N–H and O–H groups in total. The van der Waals surface area contributed by atoms with Gasteiger partial charge < -0.3 is 14.6 Å². The Bertz CT molecular complexity index is 215. The van der Waals surface area contributed by atoms with Crippen LogP contribution in [0.1, 0.15) is 19.3 Å². The molecule has 14 heavy (non-hydrogen) atoms. The Morgan fingerprint density at radius 3 is 2.93 bits per heavy atom. The van der Waals surface area contributed by atoms with Gasteiger partial charge in [-0.05, 0) is 19.3 Å². The van der Waals surface area contributed by atoms with E-state index in [2.05, 4.69) is 0 Å². The maximum Gasteiger partial charge on any atom is 0.412 e. The molecule has 2 fully saturated rings. The molecule has 0 spiro atoms. The van der Waals surface area contributed by atoms with Gasteiger partial charge in [-0.15, -0.1) is 0 Å². The van der Waals surface area contributed by atoms with Crippen molar-refractivity contribution < 1.29 is 19.4 Å². The largest absolute Gasteiger partial charge is 0.442 e. The van der Waals surface area contributed by atoms with Crippen LogP contribution in [0.5, 0.6) is 0 Å². The Morgan fingerprint density at radius 1 is 1.50 bits per heavy atom. The van der Waals surface area contributed by atoms with E-state index in [-0.39, 0.29) is 25.0 Å². The molecule has 0 saturated carbocycles. The minimum absolute atomic E-state index is 0.116. The van der Waals surface area contributed by atoms with Crippen LogP contribution in [0, 0.1) is 0 Å². The zero-order chi connectivity index (χ0) is 9.97. The predicted octanol–water partition coefficient (Wildman–Crippen LogP) is 0.326. The number of ether oxygens (including phenoxy) is 2. The fourth-order valence-electron chi connectivity index (χ4n) is 1.84. The van der Waals surface area contributed by atoms with Crippen molar-refractivity contribution in [3.63, 3.8) is 0 Å². The maximum absolute atomic E-state index is 11.4. The number of hydrogen-bond acceptors (Lipinski definition) is 4. The van der Waals surface area contributed by atoms with Crippen LogP contribution in [0.4, 0.5) is 4.79 Å². The third-order valence-corrected chi connectivity index (χ3v) is 2.61. The topological polar surface area (TPSA) is 59.0 Å². The molecule has 2 saturated heterocycles. The SMILES string of the molecule is O=C1O[C@@H](CO)CN1C1CCCCO1. The molecule has 0 aromatic heterocycles. The number of carbonyl (C=O) groups is 1. The summed E-state index contributed by atoms with van der Waals surface area (Å²) in [6.45, 7) is 1.03. The summed E-state index contributed by atoms with van der Waals surface area (Å²) in [5.41, 5.74) is 0. The molecular formula is C9H15NO4. The monoisotopic (exact) mass is 201 g/mol. The molecule has 5 heteroatoms. The molecule has 2 aliphatic heterocycles. The molecule has 5 nitrogen and oxygen atoms in total. The Morgan fingerprint density at radius 2 is 2.36 bits per heavy atom. The molecule has 0 aromatic rings. The van der Waals surface area contributed by atoms with Crippen LogP contribution >= 0.6 is 0 Å². The van der Waals surface area contributed by atoms with Crippen molar-refractivity contribution in [1.82, 2.24) is 4.90 Å². The number of hydrogen-bond donors (Lipinski definition) is 1. The molecule has 0 bridgehead atoms. The molecule has 1 amide bonds. The van der Waals surface area contributed by atoms with Crippen molar-refractivity contribution >= 4 is 6.09 Å². The van der Waals surface area contributed by atoms with E-state index in [4.69, 9.17) is 14.6 Å². The van der Waals surface area contributed by atoms with Gasteiger partial charge in [0.05, 0.1) is 13.2 Å². The van der Waals surface area contributed by atoms with E-state index in [0.29, 0.717) is 13.2 Å². The van der Waals surface area contributed by atoms with E-state index in [9.17, 15) is 4.79 Å². The highest BCUT2D eigenvalue weighted by molar-refractivity contribution is 5.70. The van der Waals surface area contributed by atoms with Crippen LogP contribution in [0.2, 0.25) is 0 Å². The third-order valence-electron chi connectivity index (χ3n) is 2.61. The summed E-state index contributed by atoms with van der Waals surface area (Å²) in [4.78, 5) is 12.9.